The number of halogens is 2. The summed E-state index contributed by atoms with van der Waals surface area (Å²) in [5.74, 6) is 25.6. The number of rotatable bonds is 16. The van der Waals surface area contributed by atoms with Crippen LogP contribution in [0.1, 0.15) is 172 Å². The second-order valence-corrected chi connectivity index (χ2v) is 36.6. The summed E-state index contributed by atoms with van der Waals surface area (Å²) < 4.78 is 33.3. The number of carbonyl (C=O) groups excluding carboxylic acids is 1. The average molecular weight is 1800 g/mol. The Morgan fingerprint density at radius 1 is 0.358 bits per heavy atom. The molecule has 0 bridgehead atoms. The standard InChI is InChI=1S/C29H32N4O.C28H29FN4O.C28H30N4O.C27H32FN3O2/c1-34-21-28-29(26-13-11-24(12-14-26)10-9-23-7-3-2-4-8-23)27-20-32(15-5-6-16-33(27)28)19-25-17-30-22-31-18-25;29-25-6-2-1-5-23(25)10-7-21-8-11-24(12-9-21)28-26-18-32(17-22-15-30-20-31-16-22)13-3-4-14-33(26)27(28)19-34;33-20-27-28(25-12-10-23(11-13-25)9-8-22-6-2-1-3-7-22)26-19-31(14-4-5-15-32(26)27)18-24-16-29-21-30-17-24;1-19(2)29-27(33)30-15-5-6-16-31-24(17-30)26(25(31)18-32)22-13-10-20(11-14-22)9-12-21-7-3-4-8-23(21)28/h2-4,7-8,11-14,17-18,22,27-29H,5-6,15-16,19-21H2,1H3;1-2,5-6,8-9,11-12,15-16,20,26-28,34H,3-4,13-14,17-19H2;1-3,6-7,10-13,16-17,21,26-28,33H,4-5,14-15,18-20H2;3-4,7-8,10-11,13-14,19,24-26,32H,5-6,15-18H2,1-2H3,(H,29,33)/t27-,28-,29-;2*26-,27-,28-;24-,25-,26+/m0000/s1. The number of ether oxygens (including phenoxy) is 1. The van der Waals surface area contributed by atoms with Crippen molar-refractivity contribution in [1.29, 1.82) is 0 Å². The molecule has 8 aromatic carbocycles. The maximum Gasteiger partial charge on any atom is 0.317 e. The van der Waals surface area contributed by atoms with Crippen LogP contribution in [0.15, 0.2) is 262 Å². The number of aliphatic hydroxyl groups excluding tert-OH is 3. The fourth-order valence-corrected chi connectivity index (χ4v) is 21.0. The van der Waals surface area contributed by atoms with Crippen LogP contribution in [0.4, 0.5) is 13.6 Å². The highest BCUT2D eigenvalue weighted by Crippen LogP contribution is 2.47. The molecule has 11 aromatic rings. The lowest BCUT2D eigenvalue weighted by Crippen LogP contribution is -2.68. The SMILES string of the molecule is CC(C)NC(=O)N1CCCCN2[C@@H](CO)[C@H](c3ccc(C#Cc4ccccc4F)cc3)[C@@H]2C1.COC[C@H]1[C@@H](c2ccc(C#Cc3ccccc3)cc2)[C@@H]2CN(Cc3cncnc3)CCCCN12.OC[C@H]1[C@@H](c2ccc(C#Cc3ccccc3)cc2)[C@@H]2CN(Cc3cncnc3)CCCCN12.OC[C@H]1[C@@H](c2ccc(C#Cc3ccccc3F)cc2)[C@@H]2CN(Cc3cncnc3)CCCCN12. The lowest BCUT2D eigenvalue weighted by molar-refractivity contribution is -0.0726. The Morgan fingerprint density at radius 2 is 0.634 bits per heavy atom. The first-order chi connectivity index (χ1) is 65.8. The monoisotopic (exact) mass is 1800 g/mol. The third-order valence-corrected chi connectivity index (χ3v) is 27.5. The van der Waals surface area contributed by atoms with Crippen LogP contribution < -0.4 is 5.32 Å². The maximum absolute atomic E-state index is 13.8. The predicted octanol–water partition coefficient (Wildman–Crippen LogP) is 14.3. The van der Waals surface area contributed by atoms with E-state index >= 15 is 0 Å². The quantitative estimate of drug-likeness (QED) is 0.0665. The zero-order chi connectivity index (χ0) is 92.3. The Morgan fingerprint density at radius 3 is 0.948 bits per heavy atom. The molecule has 134 heavy (non-hydrogen) atoms. The van der Waals surface area contributed by atoms with Gasteiger partial charge < -0.3 is 30.3 Å². The Labute approximate surface area is 789 Å². The van der Waals surface area contributed by atoms with Gasteiger partial charge in [0.1, 0.15) is 30.6 Å². The summed E-state index contributed by atoms with van der Waals surface area (Å²) in [6.07, 6.45) is 25.2. The van der Waals surface area contributed by atoms with Gasteiger partial charge in [0.05, 0.1) is 37.6 Å². The van der Waals surface area contributed by atoms with Gasteiger partial charge in [-0.3, -0.25) is 34.3 Å². The predicted molar refractivity (Wildman–Crippen MR) is 521 cm³/mol. The molecule has 690 valence electrons. The van der Waals surface area contributed by atoms with Gasteiger partial charge in [-0.1, -0.05) is 157 Å². The number of amides is 2. The number of urea groups is 1. The minimum absolute atomic E-state index is 0.0168. The van der Waals surface area contributed by atoms with E-state index in [2.05, 4.69) is 178 Å². The molecule has 0 saturated carbocycles. The Kier molecular flexibility index (Phi) is 33.9. The van der Waals surface area contributed by atoms with Crippen LogP contribution in [-0.2, 0) is 24.4 Å². The van der Waals surface area contributed by atoms with Crippen LogP contribution in [0.3, 0.4) is 0 Å². The second kappa shape index (κ2) is 47.7. The molecule has 0 unspecified atom stereocenters. The molecule has 20 nitrogen and oxygen atoms in total. The van der Waals surface area contributed by atoms with Crippen molar-refractivity contribution in [3.8, 4) is 47.4 Å². The molecule has 0 aliphatic carbocycles. The summed E-state index contributed by atoms with van der Waals surface area (Å²) >= 11 is 0. The van der Waals surface area contributed by atoms with Crippen LogP contribution in [0.5, 0.6) is 0 Å². The lowest BCUT2D eigenvalue weighted by Gasteiger charge is -2.57. The van der Waals surface area contributed by atoms with Crippen molar-refractivity contribution in [2.24, 2.45) is 0 Å². The van der Waals surface area contributed by atoms with Crippen LogP contribution >= 0.6 is 0 Å². The number of fused-ring (bicyclic) bond motifs is 4. The first-order valence-corrected chi connectivity index (χ1v) is 47.7. The van der Waals surface area contributed by atoms with E-state index in [1.54, 1.807) is 55.4 Å². The number of hydrogen-bond acceptors (Lipinski definition) is 18. The summed E-state index contributed by atoms with van der Waals surface area (Å²) in [6.45, 7) is 19.6. The van der Waals surface area contributed by atoms with Gasteiger partial charge in [-0.05, 0) is 230 Å². The molecular weight excluding hydrogens is 1670 g/mol. The van der Waals surface area contributed by atoms with Gasteiger partial charge in [-0.15, -0.1) is 0 Å². The third-order valence-electron chi connectivity index (χ3n) is 27.5. The summed E-state index contributed by atoms with van der Waals surface area (Å²) in [4.78, 5) is 57.3. The van der Waals surface area contributed by atoms with Gasteiger partial charge in [0, 0.05) is 225 Å². The zero-order valence-electron chi connectivity index (χ0n) is 77.1. The summed E-state index contributed by atoms with van der Waals surface area (Å²) in [5.41, 5.74) is 15.1. The average Bonchev–Trinajstić information content (AvgIpc) is 0.743. The van der Waals surface area contributed by atoms with Crippen LogP contribution in [0.25, 0.3) is 0 Å². The summed E-state index contributed by atoms with van der Waals surface area (Å²) in [5, 5.41) is 33.5. The van der Waals surface area contributed by atoms with Crippen molar-refractivity contribution in [1.82, 2.24) is 74.4 Å². The van der Waals surface area contributed by atoms with Crippen molar-refractivity contribution in [3.63, 3.8) is 0 Å². The fraction of sp³-hybridized carbons (Fsp3) is 0.384. The van der Waals surface area contributed by atoms with Crippen molar-refractivity contribution < 1.29 is 33.6 Å². The van der Waals surface area contributed by atoms with Gasteiger partial charge in [-0.25, -0.2) is 43.5 Å². The van der Waals surface area contributed by atoms with E-state index in [4.69, 9.17) is 4.74 Å². The fourth-order valence-electron chi connectivity index (χ4n) is 21.0. The first-order valence-electron chi connectivity index (χ1n) is 47.7. The van der Waals surface area contributed by atoms with Gasteiger partial charge in [-0.2, -0.15) is 0 Å². The molecule has 4 N–H and O–H groups in total. The number of methoxy groups -OCH3 is 1. The minimum Gasteiger partial charge on any atom is -0.395 e. The third kappa shape index (κ3) is 24.5. The van der Waals surface area contributed by atoms with Crippen LogP contribution in [-0.4, -0.2) is 257 Å². The largest absolute Gasteiger partial charge is 0.395 e. The van der Waals surface area contributed by atoms with Crippen molar-refractivity contribution in [2.45, 2.75) is 163 Å². The number of nitrogens with one attached hydrogen (secondary N) is 1. The lowest BCUT2D eigenvalue weighted by atomic mass is 9.74. The molecule has 8 saturated heterocycles. The molecule has 2 amide bonds. The molecule has 0 radical (unpaired) electrons. The molecule has 8 aliphatic heterocycles. The van der Waals surface area contributed by atoms with Gasteiger partial charge in [0.15, 0.2) is 0 Å². The van der Waals surface area contributed by atoms with E-state index in [1.807, 2.05) is 160 Å². The molecule has 8 fully saturated rings. The molecular formula is C112H123F2N15O5. The number of nitrogens with zero attached hydrogens (tertiary/aromatic N) is 14. The Bertz CT molecular complexity index is 5820. The highest BCUT2D eigenvalue weighted by atomic mass is 19.1. The maximum atomic E-state index is 13.8. The van der Waals surface area contributed by atoms with E-state index in [9.17, 15) is 28.9 Å². The number of aliphatic hydroxyl groups is 3. The zero-order valence-corrected chi connectivity index (χ0v) is 77.1. The van der Waals surface area contributed by atoms with E-state index in [0.717, 1.165) is 180 Å². The van der Waals surface area contributed by atoms with Gasteiger partial charge >= 0.3 is 6.03 Å². The topological polar surface area (TPSA) is 202 Å². The Balaban J connectivity index is 0.000000130. The van der Waals surface area contributed by atoms with Gasteiger partial charge in [0.2, 0.25) is 0 Å². The van der Waals surface area contributed by atoms with Crippen molar-refractivity contribution in [2.75, 3.05) is 112 Å². The molecule has 12 atom stereocenters. The highest BCUT2D eigenvalue weighted by Gasteiger charge is 2.53. The molecule has 0 spiro atoms. The van der Waals surface area contributed by atoms with Gasteiger partial charge in [0.25, 0.3) is 0 Å². The van der Waals surface area contributed by atoms with E-state index in [-0.39, 0.29) is 79.5 Å². The van der Waals surface area contributed by atoms with Crippen molar-refractivity contribution in [3.05, 3.63) is 358 Å². The number of benzene rings is 8. The molecule has 19 rings (SSSR count). The summed E-state index contributed by atoms with van der Waals surface area (Å²) in [6, 6.07) is 69.4. The number of carbonyl (C=O) groups is 1. The normalized spacial score (nSPS) is 23.1. The molecule has 22 heteroatoms. The Hall–Kier alpha value is -12.1. The summed E-state index contributed by atoms with van der Waals surface area (Å²) in [7, 11) is 1.82. The smallest absolute Gasteiger partial charge is 0.317 e. The van der Waals surface area contributed by atoms with Crippen LogP contribution in [0, 0.1) is 59.0 Å². The van der Waals surface area contributed by atoms with E-state index < -0.39 is 0 Å². The number of hydrogen-bond donors (Lipinski definition) is 4. The molecule has 8 aliphatic rings. The minimum atomic E-state index is -0.322. The highest BCUT2D eigenvalue weighted by molar-refractivity contribution is 5.74. The van der Waals surface area contributed by atoms with Crippen LogP contribution in [0.2, 0.25) is 0 Å². The molecule has 3 aromatic heterocycles. The first kappa shape index (κ1) is 95.1. The van der Waals surface area contributed by atoms with Crippen molar-refractivity contribution >= 4 is 6.03 Å². The van der Waals surface area contributed by atoms with E-state index in [0.29, 0.717) is 53.7 Å². The van der Waals surface area contributed by atoms with E-state index in [1.165, 1.54) is 53.6 Å². The number of aromatic nitrogens is 6. The molecule has 11 heterocycles. The second-order valence-electron chi connectivity index (χ2n) is 36.6.